The van der Waals surface area contributed by atoms with Crippen LogP contribution in [0.1, 0.15) is 30.7 Å². The standard InChI is InChI=1S/C11H12F3N5/c12-9(13)7-4-8(11(14)2-1-3-15-5-11)19-10(18-7)16-6-17-19/h4,6,9,15H,1-3,5H2. The first-order chi connectivity index (χ1) is 9.10. The highest BCUT2D eigenvalue weighted by Gasteiger charge is 2.37. The minimum atomic E-state index is -2.76. The van der Waals surface area contributed by atoms with Crippen LogP contribution in [0.3, 0.4) is 0 Å². The fourth-order valence-electron chi connectivity index (χ4n) is 2.35. The largest absolute Gasteiger partial charge is 0.313 e. The van der Waals surface area contributed by atoms with Gasteiger partial charge in [0.05, 0.1) is 5.69 Å². The van der Waals surface area contributed by atoms with Crippen LogP contribution in [0.2, 0.25) is 0 Å². The Balaban J connectivity index is 2.17. The van der Waals surface area contributed by atoms with Crippen molar-refractivity contribution in [3.8, 4) is 0 Å². The minimum Gasteiger partial charge on any atom is -0.313 e. The Hall–Kier alpha value is -1.70. The summed E-state index contributed by atoms with van der Waals surface area (Å²) in [6.45, 7) is 0.799. The third kappa shape index (κ3) is 2.05. The minimum absolute atomic E-state index is 0.00426. The van der Waals surface area contributed by atoms with Crippen LogP contribution < -0.4 is 5.32 Å². The molecule has 102 valence electrons. The molecular formula is C11H12F3N5. The van der Waals surface area contributed by atoms with Gasteiger partial charge in [-0.15, -0.1) is 0 Å². The number of fused-ring (bicyclic) bond motifs is 1. The van der Waals surface area contributed by atoms with Gasteiger partial charge in [0.2, 0.25) is 0 Å². The molecule has 3 rings (SSSR count). The molecule has 0 radical (unpaired) electrons. The Morgan fingerprint density at radius 3 is 2.95 bits per heavy atom. The lowest BCUT2D eigenvalue weighted by molar-refractivity contribution is 0.111. The number of nitrogens with zero attached hydrogens (tertiary/aromatic N) is 4. The van der Waals surface area contributed by atoms with Gasteiger partial charge in [0.25, 0.3) is 12.2 Å². The van der Waals surface area contributed by atoms with Gasteiger partial charge in [0.1, 0.15) is 12.0 Å². The summed E-state index contributed by atoms with van der Waals surface area (Å²) in [5.74, 6) is -0.00426. The first-order valence-electron chi connectivity index (χ1n) is 5.99. The van der Waals surface area contributed by atoms with Crippen LogP contribution in [0.25, 0.3) is 5.78 Å². The van der Waals surface area contributed by atoms with Crippen LogP contribution >= 0.6 is 0 Å². The maximum Gasteiger partial charge on any atom is 0.280 e. The van der Waals surface area contributed by atoms with Gasteiger partial charge in [-0.2, -0.15) is 14.6 Å². The predicted octanol–water partition coefficient (Wildman–Crippen LogP) is 1.61. The smallest absolute Gasteiger partial charge is 0.280 e. The molecule has 1 aliphatic rings. The Morgan fingerprint density at radius 1 is 1.42 bits per heavy atom. The van der Waals surface area contributed by atoms with Crippen molar-refractivity contribution >= 4 is 5.78 Å². The summed E-state index contributed by atoms with van der Waals surface area (Å²) in [6.07, 6.45) is -0.679. The van der Waals surface area contributed by atoms with Crippen LogP contribution in [0.15, 0.2) is 12.4 Å². The van der Waals surface area contributed by atoms with Gasteiger partial charge in [0, 0.05) is 6.54 Å². The average molecular weight is 271 g/mol. The average Bonchev–Trinajstić information content (AvgIpc) is 2.86. The van der Waals surface area contributed by atoms with Gasteiger partial charge >= 0.3 is 0 Å². The summed E-state index contributed by atoms with van der Waals surface area (Å²) >= 11 is 0. The van der Waals surface area contributed by atoms with Gasteiger partial charge in [-0.25, -0.2) is 18.2 Å². The maximum atomic E-state index is 14.9. The number of nitrogens with one attached hydrogen (secondary N) is 1. The normalized spacial score (nSPS) is 24.2. The highest BCUT2D eigenvalue weighted by Crippen LogP contribution is 2.34. The van der Waals surface area contributed by atoms with E-state index in [0.29, 0.717) is 6.42 Å². The number of rotatable bonds is 2. The van der Waals surface area contributed by atoms with Crippen molar-refractivity contribution in [2.24, 2.45) is 0 Å². The van der Waals surface area contributed by atoms with Gasteiger partial charge in [0.15, 0.2) is 5.67 Å². The van der Waals surface area contributed by atoms with Crippen molar-refractivity contribution in [2.45, 2.75) is 24.9 Å². The number of alkyl halides is 3. The van der Waals surface area contributed by atoms with Crippen molar-refractivity contribution in [1.82, 2.24) is 24.9 Å². The Kier molecular flexibility index (Phi) is 2.89. The van der Waals surface area contributed by atoms with E-state index in [1.54, 1.807) is 0 Å². The van der Waals surface area contributed by atoms with Gasteiger partial charge in [-0.1, -0.05) is 0 Å². The number of halogens is 3. The Bertz CT molecular complexity index is 591. The molecule has 19 heavy (non-hydrogen) atoms. The van der Waals surface area contributed by atoms with Crippen LogP contribution in [-0.2, 0) is 5.67 Å². The van der Waals surface area contributed by atoms with E-state index in [4.69, 9.17) is 0 Å². The summed E-state index contributed by atoms with van der Waals surface area (Å²) in [4.78, 5) is 7.44. The van der Waals surface area contributed by atoms with Crippen LogP contribution in [0.4, 0.5) is 13.2 Å². The number of aromatic nitrogens is 4. The van der Waals surface area contributed by atoms with E-state index in [2.05, 4.69) is 20.4 Å². The predicted molar refractivity (Wildman–Crippen MR) is 60.6 cm³/mol. The summed E-state index contributed by atoms with van der Waals surface area (Å²) in [5.41, 5.74) is -2.12. The number of piperidine rings is 1. The molecule has 0 aromatic carbocycles. The Labute approximate surface area is 106 Å². The first kappa shape index (κ1) is 12.3. The quantitative estimate of drug-likeness (QED) is 0.901. The lowest BCUT2D eigenvalue weighted by Crippen LogP contribution is -2.41. The van der Waals surface area contributed by atoms with E-state index in [1.165, 1.54) is 10.8 Å². The lowest BCUT2D eigenvalue weighted by Gasteiger charge is -2.30. The molecule has 0 spiro atoms. The topological polar surface area (TPSA) is 55.1 Å². The molecule has 2 aromatic heterocycles. The third-order valence-corrected chi connectivity index (χ3v) is 3.29. The second-order valence-electron chi connectivity index (χ2n) is 4.58. The molecule has 1 unspecified atom stereocenters. The van der Waals surface area contributed by atoms with Crippen molar-refractivity contribution < 1.29 is 13.2 Å². The van der Waals surface area contributed by atoms with Gasteiger partial charge in [-0.3, -0.25) is 0 Å². The zero-order valence-corrected chi connectivity index (χ0v) is 9.98. The van der Waals surface area contributed by atoms with Crippen molar-refractivity contribution in [1.29, 1.82) is 0 Å². The van der Waals surface area contributed by atoms with Gasteiger partial charge < -0.3 is 5.32 Å². The molecule has 0 amide bonds. The van der Waals surface area contributed by atoms with E-state index in [-0.39, 0.29) is 24.4 Å². The molecule has 2 aromatic rings. The molecule has 0 aliphatic carbocycles. The molecule has 0 saturated carbocycles. The highest BCUT2D eigenvalue weighted by molar-refractivity contribution is 5.33. The highest BCUT2D eigenvalue weighted by atomic mass is 19.3. The molecule has 1 N–H and O–H groups in total. The molecule has 0 bridgehead atoms. The first-order valence-corrected chi connectivity index (χ1v) is 5.99. The summed E-state index contributed by atoms with van der Waals surface area (Å²) in [7, 11) is 0. The summed E-state index contributed by atoms with van der Waals surface area (Å²) in [6, 6.07) is 1.08. The zero-order chi connectivity index (χ0) is 13.5. The van der Waals surface area contributed by atoms with Crippen molar-refractivity contribution in [2.75, 3.05) is 13.1 Å². The SMILES string of the molecule is FC(F)c1cc(C2(F)CCCNC2)n2ncnc2n1. The molecule has 1 aliphatic heterocycles. The van der Waals surface area contributed by atoms with Crippen molar-refractivity contribution in [3.05, 3.63) is 23.8 Å². The van der Waals surface area contributed by atoms with E-state index in [0.717, 1.165) is 12.6 Å². The molecule has 8 heteroatoms. The Morgan fingerprint density at radius 2 is 2.26 bits per heavy atom. The number of hydrogen-bond acceptors (Lipinski definition) is 4. The lowest BCUT2D eigenvalue weighted by atomic mass is 9.92. The number of hydrogen-bond donors (Lipinski definition) is 1. The fraction of sp³-hybridized carbons (Fsp3) is 0.545. The molecule has 1 atom stereocenters. The van der Waals surface area contributed by atoms with Crippen LogP contribution in [0.5, 0.6) is 0 Å². The molecule has 1 saturated heterocycles. The fourth-order valence-corrected chi connectivity index (χ4v) is 2.35. The van der Waals surface area contributed by atoms with E-state index in [9.17, 15) is 13.2 Å². The third-order valence-electron chi connectivity index (χ3n) is 3.29. The summed E-state index contributed by atoms with van der Waals surface area (Å²) in [5, 5.41) is 6.80. The van der Waals surface area contributed by atoms with E-state index < -0.39 is 17.8 Å². The summed E-state index contributed by atoms with van der Waals surface area (Å²) < 4.78 is 41.8. The van der Waals surface area contributed by atoms with Crippen LogP contribution in [0, 0.1) is 0 Å². The molecule has 1 fully saturated rings. The monoisotopic (exact) mass is 271 g/mol. The second kappa shape index (κ2) is 4.44. The van der Waals surface area contributed by atoms with Crippen molar-refractivity contribution in [3.63, 3.8) is 0 Å². The van der Waals surface area contributed by atoms with E-state index >= 15 is 0 Å². The molecule has 3 heterocycles. The second-order valence-corrected chi connectivity index (χ2v) is 4.58. The van der Waals surface area contributed by atoms with Crippen LogP contribution in [-0.4, -0.2) is 32.7 Å². The van der Waals surface area contributed by atoms with E-state index in [1.807, 2.05) is 0 Å². The molecular weight excluding hydrogens is 259 g/mol. The van der Waals surface area contributed by atoms with Gasteiger partial charge in [-0.05, 0) is 25.5 Å². The molecule has 5 nitrogen and oxygen atoms in total. The zero-order valence-electron chi connectivity index (χ0n) is 9.98. The maximum absolute atomic E-state index is 14.9.